The van der Waals surface area contributed by atoms with E-state index in [1.54, 1.807) is 0 Å². The van der Waals surface area contributed by atoms with Gasteiger partial charge in [0.25, 0.3) is 0 Å². The second-order valence-electron chi connectivity index (χ2n) is 5.29. The molecule has 1 aromatic carbocycles. The summed E-state index contributed by atoms with van der Waals surface area (Å²) in [6.07, 6.45) is 3.86. The zero-order valence-electron chi connectivity index (χ0n) is 11.6. The van der Waals surface area contributed by atoms with E-state index < -0.39 is 0 Å². The fraction of sp³-hybridized carbons (Fsp3) is 0.600. The van der Waals surface area contributed by atoms with Crippen molar-refractivity contribution in [2.24, 2.45) is 0 Å². The number of nitrogens with zero attached hydrogens (tertiary/aromatic N) is 1. The summed E-state index contributed by atoms with van der Waals surface area (Å²) in [6, 6.07) is 6.76. The first-order valence-electron chi connectivity index (χ1n) is 6.98. The Morgan fingerprint density at radius 1 is 1.37 bits per heavy atom. The number of likely N-dealkylation sites (tertiary alicyclic amines) is 1. The summed E-state index contributed by atoms with van der Waals surface area (Å²) in [4.78, 5) is 2.56. The molecule has 0 aliphatic carbocycles. The predicted octanol–water partition coefficient (Wildman–Crippen LogP) is 4.13. The number of rotatable bonds is 4. The minimum absolute atomic E-state index is 0.336. The second-order valence-corrected chi connectivity index (χ2v) is 6.13. The molecule has 1 aromatic rings. The Bertz CT molecular complexity index is 421. The molecule has 0 bridgehead atoms. The Balaban J connectivity index is 2.18. The molecule has 1 fully saturated rings. The average Bonchev–Trinajstić information content (AvgIpc) is 2.39. The maximum absolute atomic E-state index is 6.34. The van der Waals surface area contributed by atoms with E-state index in [2.05, 4.69) is 23.2 Å². The third-order valence-electron chi connectivity index (χ3n) is 4.02. The van der Waals surface area contributed by atoms with Crippen LogP contribution in [0.3, 0.4) is 0 Å². The van der Waals surface area contributed by atoms with Gasteiger partial charge in [-0.2, -0.15) is 0 Å². The van der Waals surface area contributed by atoms with Crippen LogP contribution in [0.5, 0.6) is 0 Å². The third kappa shape index (κ3) is 3.63. The van der Waals surface area contributed by atoms with E-state index >= 15 is 0 Å². The van der Waals surface area contributed by atoms with Gasteiger partial charge in [0.05, 0.1) is 0 Å². The number of likely N-dealkylation sites (N-methyl/N-ethyl adjacent to an activating group) is 1. The van der Waals surface area contributed by atoms with Crippen LogP contribution in [0.15, 0.2) is 18.2 Å². The first kappa shape index (κ1) is 15.1. The van der Waals surface area contributed by atoms with Crippen LogP contribution in [0.1, 0.15) is 37.8 Å². The Kier molecular flexibility index (Phi) is 5.52. The van der Waals surface area contributed by atoms with E-state index in [1.807, 2.05) is 19.2 Å². The number of piperidine rings is 1. The summed E-state index contributed by atoms with van der Waals surface area (Å²) < 4.78 is 0. The van der Waals surface area contributed by atoms with Crippen molar-refractivity contribution < 1.29 is 0 Å². The smallest absolute Gasteiger partial charge is 0.0468 e. The summed E-state index contributed by atoms with van der Waals surface area (Å²) >= 11 is 12.3. The summed E-state index contributed by atoms with van der Waals surface area (Å²) in [5.41, 5.74) is 1.18. The van der Waals surface area contributed by atoms with Gasteiger partial charge in [0, 0.05) is 28.7 Å². The fourth-order valence-corrected chi connectivity index (χ4v) is 3.57. The fourth-order valence-electron chi connectivity index (χ4n) is 3.01. The molecule has 4 heteroatoms. The number of benzene rings is 1. The third-order valence-corrected chi connectivity index (χ3v) is 4.58. The molecule has 2 atom stereocenters. The molecule has 2 rings (SSSR count). The van der Waals surface area contributed by atoms with Crippen molar-refractivity contribution in [3.05, 3.63) is 33.8 Å². The SMILES string of the molecule is CNCC1CCCCN1C(C)c1ccc(Cl)cc1Cl. The Morgan fingerprint density at radius 3 is 2.84 bits per heavy atom. The van der Waals surface area contributed by atoms with Crippen molar-refractivity contribution in [1.82, 2.24) is 10.2 Å². The van der Waals surface area contributed by atoms with Crippen molar-refractivity contribution >= 4 is 23.2 Å². The van der Waals surface area contributed by atoms with Gasteiger partial charge in [-0.05, 0) is 51.1 Å². The highest BCUT2D eigenvalue weighted by Crippen LogP contribution is 2.33. The maximum atomic E-state index is 6.34. The van der Waals surface area contributed by atoms with Crippen molar-refractivity contribution in [3.63, 3.8) is 0 Å². The van der Waals surface area contributed by atoms with E-state index in [4.69, 9.17) is 23.2 Å². The molecule has 1 aliphatic rings. The number of halogens is 2. The zero-order chi connectivity index (χ0) is 13.8. The highest BCUT2D eigenvalue weighted by atomic mass is 35.5. The molecule has 0 radical (unpaired) electrons. The number of hydrogen-bond acceptors (Lipinski definition) is 2. The van der Waals surface area contributed by atoms with Crippen LogP contribution in [0, 0.1) is 0 Å². The van der Waals surface area contributed by atoms with E-state index in [-0.39, 0.29) is 0 Å². The molecule has 0 spiro atoms. The lowest BCUT2D eigenvalue weighted by molar-refractivity contribution is 0.103. The number of nitrogens with one attached hydrogen (secondary N) is 1. The Labute approximate surface area is 126 Å². The van der Waals surface area contributed by atoms with Crippen molar-refractivity contribution in [2.75, 3.05) is 20.1 Å². The average molecular weight is 301 g/mol. The van der Waals surface area contributed by atoms with Gasteiger partial charge in [-0.25, -0.2) is 0 Å². The molecule has 0 aromatic heterocycles. The van der Waals surface area contributed by atoms with Crippen LogP contribution >= 0.6 is 23.2 Å². The highest BCUT2D eigenvalue weighted by molar-refractivity contribution is 6.35. The number of hydrogen-bond donors (Lipinski definition) is 1. The van der Waals surface area contributed by atoms with Gasteiger partial charge >= 0.3 is 0 Å². The summed E-state index contributed by atoms with van der Waals surface area (Å²) in [5, 5.41) is 4.77. The zero-order valence-corrected chi connectivity index (χ0v) is 13.1. The normalized spacial score (nSPS) is 22.4. The standard InChI is InChI=1S/C15H22Cl2N2/c1-11(14-7-6-12(16)9-15(14)17)19-8-4-3-5-13(19)10-18-2/h6-7,9,11,13,18H,3-5,8,10H2,1-2H3. The monoisotopic (exact) mass is 300 g/mol. The quantitative estimate of drug-likeness (QED) is 0.899. The molecule has 19 heavy (non-hydrogen) atoms. The van der Waals surface area contributed by atoms with Crippen LogP contribution in [-0.2, 0) is 0 Å². The van der Waals surface area contributed by atoms with Gasteiger partial charge in [-0.1, -0.05) is 35.7 Å². The van der Waals surface area contributed by atoms with Gasteiger partial charge in [-0.3, -0.25) is 4.90 Å². The van der Waals surface area contributed by atoms with E-state index in [1.165, 1.54) is 24.8 Å². The molecular weight excluding hydrogens is 279 g/mol. The van der Waals surface area contributed by atoms with Crippen LogP contribution < -0.4 is 5.32 Å². The molecule has 1 aliphatic heterocycles. The van der Waals surface area contributed by atoms with Crippen molar-refractivity contribution in [3.8, 4) is 0 Å². The predicted molar refractivity (Wildman–Crippen MR) is 83.1 cm³/mol. The Morgan fingerprint density at radius 2 is 2.16 bits per heavy atom. The maximum Gasteiger partial charge on any atom is 0.0468 e. The summed E-state index contributed by atoms with van der Waals surface area (Å²) in [6.45, 7) is 4.42. The largest absolute Gasteiger partial charge is 0.318 e. The Hall–Kier alpha value is -0.280. The minimum atomic E-state index is 0.336. The molecule has 2 nitrogen and oxygen atoms in total. The molecule has 0 saturated carbocycles. The molecule has 1 saturated heterocycles. The van der Waals surface area contributed by atoms with E-state index in [0.717, 1.165) is 18.1 Å². The van der Waals surface area contributed by atoms with Gasteiger partial charge in [0.1, 0.15) is 0 Å². The van der Waals surface area contributed by atoms with E-state index in [0.29, 0.717) is 17.1 Å². The highest BCUT2D eigenvalue weighted by Gasteiger charge is 2.27. The lowest BCUT2D eigenvalue weighted by Crippen LogP contribution is -2.46. The van der Waals surface area contributed by atoms with Gasteiger partial charge in [-0.15, -0.1) is 0 Å². The molecule has 0 amide bonds. The van der Waals surface area contributed by atoms with Crippen molar-refractivity contribution in [1.29, 1.82) is 0 Å². The topological polar surface area (TPSA) is 15.3 Å². The van der Waals surface area contributed by atoms with Crippen LogP contribution in [0.2, 0.25) is 10.0 Å². The van der Waals surface area contributed by atoms with Crippen LogP contribution in [0.4, 0.5) is 0 Å². The molecule has 1 heterocycles. The van der Waals surface area contributed by atoms with Crippen molar-refractivity contribution in [2.45, 2.75) is 38.3 Å². The second kappa shape index (κ2) is 6.94. The molecular formula is C15H22Cl2N2. The van der Waals surface area contributed by atoms with Crippen LogP contribution in [0.25, 0.3) is 0 Å². The minimum Gasteiger partial charge on any atom is -0.318 e. The first-order valence-corrected chi connectivity index (χ1v) is 7.74. The molecule has 106 valence electrons. The lowest BCUT2D eigenvalue weighted by atomic mass is 9.97. The molecule has 2 unspecified atom stereocenters. The first-order chi connectivity index (χ1) is 9.13. The van der Waals surface area contributed by atoms with Gasteiger partial charge in [0.15, 0.2) is 0 Å². The van der Waals surface area contributed by atoms with Crippen LogP contribution in [-0.4, -0.2) is 31.1 Å². The summed E-state index contributed by atoms with van der Waals surface area (Å²) in [5.74, 6) is 0. The summed E-state index contributed by atoms with van der Waals surface area (Å²) in [7, 11) is 2.02. The lowest BCUT2D eigenvalue weighted by Gasteiger charge is -2.40. The van der Waals surface area contributed by atoms with Gasteiger partial charge in [0.2, 0.25) is 0 Å². The molecule has 1 N–H and O–H groups in total. The van der Waals surface area contributed by atoms with E-state index in [9.17, 15) is 0 Å². The van der Waals surface area contributed by atoms with Gasteiger partial charge < -0.3 is 5.32 Å².